The number of hydrogen-bond donors (Lipinski definition) is 1. The number of carbonyl (C=O) groups is 1. The number of rotatable bonds is 2. The van der Waals surface area contributed by atoms with Gasteiger partial charge in [-0.25, -0.2) is 19.7 Å². The largest absolute Gasteiger partial charge is 0.446 e. The van der Waals surface area contributed by atoms with Crippen LogP contribution in [-0.2, 0) is 4.74 Å². The molecule has 0 aromatic carbocycles. The summed E-state index contributed by atoms with van der Waals surface area (Å²) in [6.45, 7) is 1.62. The normalized spacial score (nSPS) is 18.5. The predicted octanol–water partition coefficient (Wildman–Crippen LogP) is 2.39. The average Bonchev–Trinajstić information content (AvgIpc) is 2.80. The quantitative estimate of drug-likeness (QED) is 0.849. The van der Waals surface area contributed by atoms with Crippen molar-refractivity contribution in [2.45, 2.75) is 25.4 Å². The first-order chi connectivity index (χ1) is 11.2. The van der Waals surface area contributed by atoms with Gasteiger partial charge in [-0.1, -0.05) is 11.6 Å². The van der Waals surface area contributed by atoms with Crippen molar-refractivity contribution in [1.29, 1.82) is 0 Å². The second kappa shape index (κ2) is 6.95. The van der Waals surface area contributed by atoms with Gasteiger partial charge in [0, 0.05) is 26.6 Å². The van der Waals surface area contributed by atoms with Crippen LogP contribution in [0, 0.1) is 0 Å². The first kappa shape index (κ1) is 15.7. The van der Waals surface area contributed by atoms with Gasteiger partial charge in [-0.15, -0.1) is 0 Å². The van der Waals surface area contributed by atoms with Gasteiger partial charge in [-0.3, -0.25) is 0 Å². The van der Waals surface area contributed by atoms with Crippen molar-refractivity contribution in [3.05, 3.63) is 23.5 Å². The fourth-order valence-electron chi connectivity index (χ4n) is 2.65. The van der Waals surface area contributed by atoms with Crippen LogP contribution in [0.5, 0.6) is 0 Å². The van der Waals surface area contributed by atoms with Crippen LogP contribution >= 0.6 is 11.6 Å². The Kier molecular flexibility index (Phi) is 4.76. The fraction of sp³-hybridized carbons (Fsp3) is 0.467. The van der Waals surface area contributed by atoms with Crippen LogP contribution in [0.1, 0.15) is 19.3 Å². The summed E-state index contributed by atoms with van der Waals surface area (Å²) in [6.07, 6.45) is 3.82. The van der Waals surface area contributed by atoms with E-state index in [0.29, 0.717) is 16.3 Å². The van der Waals surface area contributed by atoms with Gasteiger partial charge in [0.15, 0.2) is 5.65 Å². The van der Waals surface area contributed by atoms with Crippen LogP contribution in [0.2, 0.25) is 5.15 Å². The average molecular weight is 336 g/mol. The number of carbonyl (C=O) groups excluding carboxylic acids is 1. The van der Waals surface area contributed by atoms with Gasteiger partial charge in [0.05, 0.1) is 6.20 Å². The number of fused-ring (bicyclic) bond motifs is 1. The first-order valence-corrected chi connectivity index (χ1v) is 7.96. The number of hydrogen-bond acceptors (Lipinski definition) is 6. The maximum atomic E-state index is 11.3. The summed E-state index contributed by atoms with van der Waals surface area (Å²) >= 11 is 5.86. The molecule has 0 unspecified atom stereocenters. The van der Waals surface area contributed by atoms with Crippen LogP contribution in [-0.4, -0.2) is 47.3 Å². The van der Waals surface area contributed by atoms with Crippen molar-refractivity contribution >= 4 is 34.7 Å². The molecule has 0 spiro atoms. The van der Waals surface area contributed by atoms with E-state index in [4.69, 9.17) is 16.3 Å². The van der Waals surface area contributed by atoms with Crippen molar-refractivity contribution < 1.29 is 9.53 Å². The van der Waals surface area contributed by atoms with Crippen LogP contribution in [0.25, 0.3) is 11.2 Å². The minimum absolute atomic E-state index is 0.0613. The standard InChI is InChI=1S/C15H18ClN5O2/c1-17-15(22)23-10-3-2-7-21(8-6-10)13-9-18-14-11(19-13)4-5-12(16)20-14/h4-5,9-10H,2-3,6-8H2,1H3,(H,17,22)/t10-/m0/s1. The summed E-state index contributed by atoms with van der Waals surface area (Å²) in [7, 11) is 1.57. The molecular weight excluding hydrogens is 318 g/mol. The third kappa shape index (κ3) is 3.79. The van der Waals surface area contributed by atoms with Crippen molar-refractivity contribution in [1.82, 2.24) is 20.3 Å². The molecule has 1 aliphatic heterocycles. The molecule has 1 amide bonds. The summed E-state index contributed by atoms with van der Waals surface area (Å²) < 4.78 is 5.35. The molecule has 8 heteroatoms. The lowest BCUT2D eigenvalue weighted by Crippen LogP contribution is -2.28. The molecule has 7 nitrogen and oxygen atoms in total. The number of amides is 1. The van der Waals surface area contributed by atoms with Crippen molar-refractivity contribution in [2.24, 2.45) is 0 Å². The first-order valence-electron chi connectivity index (χ1n) is 7.58. The molecule has 0 saturated carbocycles. The molecule has 2 aromatic rings. The lowest BCUT2D eigenvalue weighted by molar-refractivity contribution is 0.0926. The molecular formula is C15H18ClN5O2. The Morgan fingerprint density at radius 1 is 1.35 bits per heavy atom. The zero-order chi connectivity index (χ0) is 16.2. The van der Waals surface area contributed by atoms with Crippen LogP contribution < -0.4 is 10.2 Å². The monoisotopic (exact) mass is 335 g/mol. The molecule has 1 atom stereocenters. The second-order valence-electron chi connectivity index (χ2n) is 5.40. The number of halogens is 1. The number of pyridine rings is 1. The summed E-state index contributed by atoms with van der Waals surface area (Å²) in [5.41, 5.74) is 1.26. The molecule has 3 heterocycles. The molecule has 2 aromatic heterocycles. The number of nitrogens with one attached hydrogen (secondary N) is 1. The van der Waals surface area contributed by atoms with E-state index in [1.54, 1.807) is 19.3 Å². The summed E-state index contributed by atoms with van der Waals surface area (Å²) in [6, 6.07) is 3.52. The highest BCUT2D eigenvalue weighted by Gasteiger charge is 2.21. The lowest BCUT2D eigenvalue weighted by atomic mass is 10.2. The second-order valence-corrected chi connectivity index (χ2v) is 5.79. The van der Waals surface area contributed by atoms with Gasteiger partial charge < -0.3 is 15.0 Å². The van der Waals surface area contributed by atoms with Crippen LogP contribution in [0.3, 0.4) is 0 Å². The van der Waals surface area contributed by atoms with E-state index in [2.05, 4.69) is 25.2 Å². The smallest absolute Gasteiger partial charge is 0.407 e. The molecule has 0 bridgehead atoms. The van der Waals surface area contributed by atoms with Gasteiger partial charge in [0.25, 0.3) is 0 Å². The van der Waals surface area contributed by atoms with E-state index in [1.807, 2.05) is 6.07 Å². The van der Waals surface area contributed by atoms with E-state index in [0.717, 1.165) is 38.2 Å². The fourth-order valence-corrected chi connectivity index (χ4v) is 2.79. The van der Waals surface area contributed by atoms with Gasteiger partial charge >= 0.3 is 6.09 Å². The molecule has 0 radical (unpaired) electrons. The molecule has 1 saturated heterocycles. The summed E-state index contributed by atoms with van der Waals surface area (Å²) in [5.74, 6) is 0.808. The highest BCUT2D eigenvalue weighted by atomic mass is 35.5. The van der Waals surface area contributed by atoms with E-state index >= 15 is 0 Å². The van der Waals surface area contributed by atoms with Crippen molar-refractivity contribution in [2.75, 3.05) is 25.0 Å². The predicted molar refractivity (Wildman–Crippen MR) is 87.7 cm³/mol. The highest BCUT2D eigenvalue weighted by molar-refractivity contribution is 6.29. The van der Waals surface area contributed by atoms with E-state index < -0.39 is 0 Å². The Morgan fingerprint density at radius 3 is 3.04 bits per heavy atom. The Hall–Kier alpha value is -2.15. The molecule has 0 aliphatic carbocycles. The number of ether oxygens (including phenoxy) is 1. The van der Waals surface area contributed by atoms with Gasteiger partial charge in [0.2, 0.25) is 0 Å². The zero-order valence-corrected chi connectivity index (χ0v) is 13.6. The van der Waals surface area contributed by atoms with Crippen molar-refractivity contribution in [3.8, 4) is 0 Å². The topological polar surface area (TPSA) is 80.2 Å². The molecule has 23 heavy (non-hydrogen) atoms. The van der Waals surface area contributed by atoms with Crippen LogP contribution in [0.15, 0.2) is 18.3 Å². The van der Waals surface area contributed by atoms with Crippen molar-refractivity contribution in [3.63, 3.8) is 0 Å². The van der Waals surface area contributed by atoms with Crippen LogP contribution in [0.4, 0.5) is 10.6 Å². The third-order valence-corrected chi connectivity index (χ3v) is 4.05. The molecule has 1 N–H and O–H groups in total. The number of anilines is 1. The van der Waals surface area contributed by atoms with Gasteiger partial charge in [-0.05, 0) is 25.0 Å². The Balaban J connectivity index is 1.72. The number of nitrogens with zero attached hydrogens (tertiary/aromatic N) is 4. The van der Waals surface area contributed by atoms with Gasteiger partial charge in [-0.2, -0.15) is 0 Å². The van der Waals surface area contributed by atoms with E-state index in [9.17, 15) is 4.79 Å². The maximum absolute atomic E-state index is 11.3. The number of aromatic nitrogens is 3. The van der Waals surface area contributed by atoms with E-state index in [1.165, 1.54) is 0 Å². The maximum Gasteiger partial charge on any atom is 0.407 e. The van der Waals surface area contributed by atoms with E-state index in [-0.39, 0.29) is 12.2 Å². The minimum atomic E-state index is -0.378. The SMILES string of the molecule is CNC(=O)O[C@H]1CCCN(c2cnc3nc(Cl)ccc3n2)CC1. The Morgan fingerprint density at radius 2 is 2.22 bits per heavy atom. The molecule has 122 valence electrons. The summed E-state index contributed by atoms with van der Waals surface area (Å²) in [4.78, 5) is 26.6. The molecule has 1 aliphatic rings. The molecule has 3 rings (SSSR count). The number of alkyl carbamates (subject to hydrolysis) is 1. The lowest BCUT2D eigenvalue weighted by Gasteiger charge is -2.21. The Labute approximate surface area is 139 Å². The highest BCUT2D eigenvalue weighted by Crippen LogP contribution is 2.21. The van der Waals surface area contributed by atoms with Gasteiger partial charge in [0.1, 0.15) is 22.6 Å². The summed E-state index contributed by atoms with van der Waals surface area (Å²) in [5, 5.41) is 2.89. The zero-order valence-electron chi connectivity index (χ0n) is 12.8. The molecule has 1 fully saturated rings. The minimum Gasteiger partial charge on any atom is -0.446 e. The Bertz CT molecular complexity index is 711. The third-order valence-electron chi connectivity index (χ3n) is 3.83.